The predicted octanol–water partition coefficient (Wildman–Crippen LogP) is 2.55. The number of halogens is 2. The number of benzene rings is 1. The van der Waals surface area contributed by atoms with E-state index in [2.05, 4.69) is 4.72 Å². The molecule has 0 aliphatic carbocycles. The van der Waals surface area contributed by atoms with Crippen LogP contribution in [0.3, 0.4) is 0 Å². The van der Waals surface area contributed by atoms with Gasteiger partial charge in [-0.05, 0) is 40.6 Å². The van der Waals surface area contributed by atoms with Crippen LogP contribution < -0.4 is 4.72 Å². The number of rotatable bonds is 5. The summed E-state index contributed by atoms with van der Waals surface area (Å²) in [6.07, 6.45) is -0.969. The third-order valence-electron chi connectivity index (χ3n) is 2.58. The van der Waals surface area contributed by atoms with Crippen molar-refractivity contribution in [3.05, 3.63) is 51.4 Å². The zero-order chi connectivity index (χ0) is 14.8. The topological polar surface area (TPSA) is 66.4 Å². The molecule has 0 radical (unpaired) electrons. The van der Waals surface area contributed by atoms with Crippen LogP contribution in [0, 0.1) is 5.82 Å². The second-order valence-electron chi connectivity index (χ2n) is 4.00. The van der Waals surface area contributed by atoms with E-state index >= 15 is 0 Å². The van der Waals surface area contributed by atoms with Crippen LogP contribution in [0.1, 0.15) is 11.7 Å². The molecule has 2 rings (SSSR count). The number of hydrogen-bond donors (Lipinski definition) is 2. The number of aliphatic hydroxyl groups excluding tert-OH is 1. The Morgan fingerprint density at radius 1 is 1.40 bits per heavy atom. The maximum atomic E-state index is 13.1. The molecule has 1 heterocycles. The van der Waals surface area contributed by atoms with Gasteiger partial charge in [0.25, 0.3) is 0 Å². The lowest BCUT2D eigenvalue weighted by molar-refractivity contribution is 0.182. The van der Waals surface area contributed by atoms with E-state index in [0.717, 1.165) is 12.1 Å². The largest absolute Gasteiger partial charge is 0.387 e. The number of nitrogens with one attached hydrogen (secondary N) is 1. The van der Waals surface area contributed by atoms with Crippen molar-refractivity contribution >= 4 is 33.0 Å². The summed E-state index contributed by atoms with van der Waals surface area (Å²) >= 11 is 7.14. The number of aliphatic hydroxyl groups is 1. The van der Waals surface area contributed by atoms with Crippen LogP contribution >= 0.6 is 22.9 Å². The second-order valence-corrected chi connectivity index (χ2v) is 6.92. The van der Waals surface area contributed by atoms with Crippen molar-refractivity contribution in [3.8, 4) is 0 Å². The molecule has 1 aromatic heterocycles. The molecule has 0 aliphatic rings. The molecule has 2 N–H and O–H groups in total. The van der Waals surface area contributed by atoms with Crippen molar-refractivity contribution in [2.75, 3.05) is 6.54 Å². The average Bonchev–Trinajstić information content (AvgIpc) is 2.93. The van der Waals surface area contributed by atoms with Crippen molar-refractivity contribution < 1.29 is 17.9 Å². The predicted molar refractivity (Wildman–Crippen MR) is 75.9 cm³/mol. The smallest absolute Gasteiger partial charge is 0.242 e. The number of thiophene rings is 1. The van der Waals surface area contributed by atoms with Gasteiger partial charge in [-0.15, -0.1) is 0 Å². The van der Waals surface area contributed by atoms with E-state index in [0.29, 0.717) is 5.56 Å². The minimum absolute atomic E-state index is 0.0797. The first-order valence-corrected chi connectivity index (χ1v) is 8.35. The summed E-state index contributed by atoms with van der Waals surface area (Å²) in [5, 5.41) is 13.2. The van der Waals surface area contributed by atoms with Crippen molar-refractivity contribution in [3.63, 3.8) is 0 Å². The molecule has 1 aromatic carbocycles. The van der Waals surface area contributed by atoms with Crippen molar-refractivity contribution in [2.24, 2.45) is 0 Å². The summed E-state index contributed by atoms with van der Waals surface area (Å²) in [6, 6.07) is 4.77. The van der Waals surface area contributed by atoms with Gasteiger partial charge in [-0.2, -0.15) is 11.3 Å². The van der Waals surface area contributed by atoms with Gasteiger partial charge in [0.05, 0.1) is 11.1 Å². The molecule has 0 amide bonds. The molecular weight excluding hydrogens is 325 g/mol. The summed E-state index contributed by atoms with van der Waals surface area (Å²) in [5.74, 6) is -0.701. The van der Waals surface area contributed by atoms with E-state index in [9.17, 15) is 17.9 Å². The van der Waals surface area contributed by atoms with Gasteiger partial charge in [-0.25, -0.2) is 17.5 Å². The minimum Gasteiger partial charge on any atom is -0.387 e. The first kappa shape index (κ1) is 15.4. The Morgan fingerprint density at radius 3 is 2.80 bits per heavy atom. The maximum absolute atomic E-state index is 13.1. The van der Waals surface area contributed by atoms with E-state index in [1.807, 2.05) is 0 Å². The standard InChI is InChI=1S/C12H11ClFNO3S2/c13-10-2-1-9(14)5-12(10)20(17,18)15-6-11(16)8-3-4-19-7-8/h1-5,7,11,15-16H,6H2. The Morgan fingerprint density at radius 2 is 2.15 bits per heavy atom. The Kier molecular flexibility index (Phi) is 4.77. The van der Waals surface area contributed by atoms with Gasteiger partial charge in [0.15, 0.2) is 0 Å². The van der Waals surface area contributed by atoms with Gasteiger partial charge in [0, 0.05) is 6.54 Å². The minimum atomic E-state index is -3.98. The van der Waals surface area contributed by atoms with E-state index < -0.39 is 21.9 Å². The van der Waals surface area contributed by atoms with E-state index in [-0.39, 0.29) is 16.5 Å². The summed E-state index contributed by atoms with van der Waals surface area (Å²) in [6.45, 7) is -0.216. The van der Waals surface area contributed by atoms with Crippen molar-refractivity contribution in [2.45, 2.75) is 11.0 Å². The maximum Gasteiger partial charge on any atom is 0.242 e. The quantitative estimate of drug-likeness (QED) is 0.882. The van der Waals surface area contributed by atoms with E-state index in [1.165, 1.54) is 17.4 Å². The molecular formula is C12H11ClFNO3S2. The van der Waals surface area contributed by atoms with Gasteiger partial charge < -0.3 is 5.11 Å². The first-order chi connectivity index (χ1) is 9.40. The van der Waals surface area contributed by atoms with Crippen LogP contribution in [0.5, 0.6) is 0 Å². The third kappa shape index (κ3) is 3.56. The lowest BCUT2D eigenvalue weighted by Crippen LogP contribution is -2.28. The molecule has 8 heteroatoms. The highest BCUT2D eigenvalue weighted by Gasteiger charge is 2.20. The SMILES string of the molecule is O=S(=O)(NCC(O)c1ccsc1)c1cc(F)ccc1Cl. The molecule has 0 saturated heterocycles. The molecule has 1 atom stereocenters. The molecule has 0 spiro atoms. The van der Waals surface area contributed by atoms with E-state index in [1.54, 1.807) is 16.8 Å². The Labute approximate surface area is 124 Å². The normalized spacial score (nSPS) is 13.3. The van der Waals surface area contributed by atoms with Gasteiger partial charge in [0.1, 0.15) is 10.7 Å². The van der Waals surface area contributed by atoms with E-state index in [4.69, 9.17) is 11.6 Å². The van der Waals surface area contributed by atoms with Gasteiger partial charge in [-0.1, -0.05) is 11.6 Å². The molecule has 0 saturated carbocycles. The lowest BCUT2D eigenvalue weighted by Gasteiger charge is -2.12. The van der Waals surface area contributed by atoms with Crippen LogP contribution in [-0.2, 0) is 10.0 Å². The summed E-state index contributed by atoms with van der Waals surface area (Å²) in [4.78, 5) is -0.350. The number of hydrogen-bond acceptors (Lipinski definition) is 4. The highest BCUT2D eigenvalue weighted by molar-refractivity contribution is 7.89. The van der Waals surface area contributed by atoms with Crippen molar-refractivity contribution in [1.29, 1.82) is 0 Å². The fourth-order valence-corrected chi connectivity index (χ4v) is 3.79. The fourth-order valence-electron chi connectivity index (χ4n) is 1.53. The molecule has 2 aromatic rings. The van der Waals surface area contributed by atoms with Gasteiger partial charge in [0.2, 0.25) is 10.0 Å². The zero-order valence-electron chi connectivity index (χ0n) is 10.1. The highest BCUT2D eigenvalue weighted by Crippen LogP contribution is 2.22. The summed E-state index contributed by atoms with van der Waals surface area (Å²) in [7, 11) is -3.98. The molecule has 1 unspecified atom stereocenters. The Bertz CT molecular complexity index is 689. The Hall–Kier alpha value is -0.990. The van der Waals surface area contributed by atoms with Crippen LogP contribution in [0.4, 0.5) is 4.39 Å². The highest BCUT2D eigenvalue weighted by atomic mass is 35.5. The van der Waals surface area contributed by atoms with Gasteiger partial charge in [-0.3, -0.25) is 0 Å². The fraction of sp³-hybridized carbons (Fsp3) is 0.167. The zero-order valence-corrected chi connectivity index (χ0v) is 12.5. The van der Waals surface area contributed by atoms with Crippen LogP contribution in [0.25, 0.3) is 0 Å². The first-order valence-electron chi connectivity index (χ1n) is 5.55. The van der Waals surface area contributed by atoms with Crippen LogP contribution in [-0.4, -0.2) is 20.1 Å². The monoisotopic (exact) mass is 335 g/mol. The molecule has 0 fully saturated rings. The average molecular weight is 336 g/mol. The molecule has 108 valence electrons. The lowest BCUT2D eigenvalue weighted by atomic mass is 10.2. The summed E-state index contributed by atoms with van der Waals surface area (Å²) < 4.78 is 39.3. The van der Waals surface area contributed by atoms with Crippen molar-refractivity contribution in [1.82, 2.24) is 4.72 Å². The molecule has 20 heavy (non-hydrogen) atoms. The summed E-state index contributed by atoms with van der Waals surface area (Å²) in [5.41, 5.74) is 0.614. The second kappa shape index (κ2) is 6.19. The van der Waals surface area contributed by atoms with Crippen LogP contribution in [0.15, 0.2) is 39.9 Å². The number of sulfonamides is 1. The molecule has 0 bridgehead atoms. The third-order valence-corrected chi connectivity index (χ3v) is 5.18. The van der Waals surface area contributed by atoms with Crippen LogP contribution in [0.2, 0.25) is 5.02 Å². The Balaban J connectivity index is 2.13. The molecule has 0 aliphatic heterocycles. The molecule has 4 nitrogen and oxygen atoms in total. The van der Waals surface area contributed by atoms with Gasteiger partial charge >= 0.3 is 0 Å².